The van der Waals surface area contributed by atoms with Crippen molar-refractivity contribution in [3.63, 3.8) is 0 Å². The molecule has 14 nitrogen and oxygen atoms in total. The number of phenols is 1. The zero-order chi connectivity index (χ0) is 34.0. The second-order valence-corrected chi connectivity index (χ2v) is 14.3. The number of benzene rings is 3. The summed E-state index contributed by atoms with van der Waals surface area (Å²) in [5.74, 6) is 0.617. The van der Waals surface area contributed by atoms with Crippen molar-refractivity contribution < 1.29 is 18.6 Å². The van der Waals surface area contributed by atoms with E-state index in [1.54, 1.807) is 36.4 Å². The standard InChI is InChI=1S/C33H42N10O4S/c1-21-7-10-26(11-8-21)48(46,47)43(18-22-5-3-2-4-6-22)27-12-9-25(16-30(27)45)37-31-38-32(41-19-23(35)15-24(36)20-41)40-33(39-31)42-14-13-29(44)28(42)17-34/h2-12,16,23-24,28-29,44-45H,13-15,17-20,34-36H2,1H3,(H,37,38,39,40)/t23-,24+,28-,29-/m0/s1. The maximum atomic E-state index is 14.0. The molecule has 0 spiro atoms. The number of phenolic OH excluding ortho intramolecular Hbond substituents is 1. The van der Waals surface area contributed by atoms with Crippen LogP contribution in [-0.4, -0.2) is 84.0 Å². The van der Waals surface area contributed by atoms with Crippen molar-refractivity contribution in [1.82, 2.24) is 15.0 Å². The molecule has 2 fully saturated rings. The van der Waals surface area contributed by atoms with Gasteiger partial charge in [-0.15, -0.1) is 0 Å². The summed E-state index contributed by atoms with van der Waals surface area (Å²) in [7, 11) is -4.06. The Bertz CT molecular complexity index is 1820. The lowest BCUT2D eigenvalue weighted by Crippen LogP contribution is -2.53. The molecule has 0 unspecified atom stereocenters. The number of aromatic nitrogens is 3. The van der Waals surface area contributed by atoms with Gasteiger partial charge in [0.1, 0.15) is 5.75 Å². The molecule has 9 N–H and O–H groups in total. The third kappa shape index (κ3) is 7.15. The average Bonchev–Trinajstić information content (AvgIpc) is 3.44. The van der Waals surface area contributed by atoms with Gasteiger partial charge in [-0.05, 0) is 49.6 Å². The number of sulfonamides is 1. The first-order valence-corrected chi connectivity index (χ1v) is 17.4. The van der Waals surface area contributed by atoms with Crippen LogP contribution < -0.4 is 36.6 Å². The highest BCUT2D eigenvalue weighted by Crippen LogP contribution is 2.36. The van der Waals surface area contributed by atoms with Gasteiger partial charge in [0.25, 0.3) is 10.0 Å². The van der Waals surface area contributed by atoms with E-state index in [1.165, 1.54) is 10.4 Å². The SMILES string of the molecule is Cc1ccc(S(=O)(=O)N(Cc2ccccc2)c2ccc(Nc3nc(N4C[C@H](N)C[C@H](N)C4)nc(N4CC[C@H](O)[C@@H]4CN)n3)cc2O)cc1. The first kappa shape index (κ1) is 33.4. The first-order valence-electron chi connectivity index (χ1n) is 15.9. The van der Waals surface area contributed by atoms with Crippen molar-refractivity contribution in [3.05, 3.63) is 83.9 Å². The molecule has 1 aromatic heterocycles. The van der Waals surface area contributed by atoms with Crippen LogP contribution in [0.25, 0.3) is 0 Å². The summed E-state index contributed by atoms with van der Waals surface area (Å²) in [6, 6.07) is 19.7. The van der Waals surface area contributed by atoms with Crippen LogP contribution >= 0.6 is 0 Å². The Morgan fingerprint density at radius 1 is 0.958 bits per heavy atom. The van der Waals surface area contributed by atoms with Crippen LogP contribution in [0.2, 0.25) is 0 Å². The van der Waals surface area contributed by atoms with Crippen LogP contribution in [0.3, 0.4) is 0 Å². The maximum absolute atomic E-state index is 14.0. The number of nitrogens with zero attached hydrogens (tertiary/aromatic N) is 6. The molecular formula is C33H42N10O4S. The van der Waals surface area contributed by atoms with Crippen LogP contribution in [-0.2, 0) is 16.6 Å². The topological polar surface area (TPSA) is 213 Å². The monoisotopic (exact) mass is 674 g/mol. The third-order valence-corrected chi connectivity index (χ3v) is 10.5. The molecule has 48 heavy (non-hydrogen) atoms. The molecule has 4 atom stereocenters. The zero-order valence-corrected chi connectivity index (χ0v) is 27.5. The molecule has 0 bridgehead atoms. The molecule has 15 heteroatoms. The summed E-state index contributed by atoms with van der Waals surface area (Å²) in [5.41, 5.74) is 20.7. The van der Waals surface area contributed by atoms with Gasteiger partial charge < -0.3 is 42.5 Å². The fraction of sp³-hybridized carbons (Fsp3) is 0.364. The summed E-state index contributed by atoms with van der Waals surface area (Å²) >= 11 is 0. The lowest BCUT2D eigenvalue weighted by molar-refractivity contribution is 0.166. The van der Waals surface area contributed by atoms with Gasteiger partial charge in [0.2, 0.25) is 17.8 Å². The molecular weight excluding hydrogens is 632 g/mol. The van der Waals surface area contributed by atoms with Gasteiger partial charge in [0.15, 0.2) is 0 Å². The Hall–Kier alpha value is -4.54. The van der Waals surface area contributed by atoms with E-state index in [0.717, 1.165) is 11.1 Å². The molecule has 0 saturated carbocycles. The number of nitrogens with one attached hydrogen (secondary N) is 1. The van der Waals surface area contributed by atoms with Crippen molar-refractivity contribution in [2.45, 2.75) is 55.4 Å². The zero-order valence-electron chi connectivity index (χ0n) is 26.7. The van der Waals surface area contributed by atoms with Crippen LogP contribution in [0.1, 0.15) is 24.0 Å². The number of aryl methyl sites for hydroxylation is 1. The maximum Gasteiger partial charge on any atom is 0.264 e. The summed E-state index contributed by atoms with van der Waals surface area (Å²) in [5, 5.41) is 25.0. The largest absolute Gasteiger partial charge is 0.506 e. The molecule has 0 amide bonds. The number of aliphatic hydroxyl groups is 1. The van der Waals surface area contributed by atoms with E-state index in [9.17, 15) is 18.6 Å². The number of aliphatic hydroxyl groups excluding tert-OH is 1. The number of hydrogen-bond donors (Lipinski definition) is 6. The lowest BCUT2D eigenvalue weighted by Gasteiger charge is -2.35. The van der Waals surface area contributed by atoms with Gasteiger partial charge >= 0.3 is 0 Å². The van der Waals surface area contributed by atoms with Crippen molar-refractivity contribution in [3.8, 4) is 5.75 Å². The van der Waals surface area contributed by atoms with Crippen molar-refractivity contribution >= 4 is 39.2 Å². The Labute approximate surface area is 280 Å². The molecule has 4 aromatic rings. The van der Waals surface area contributed by atoms with E-state index >= 15 is 0 Å². The molecule has 254 valence electrons. The number of hydrogen-bond acceptors (Lipinski definition) is 13. The fourth-order valence-electron chi connectivity index (χ4n) is 6.22. The van der Waals surface area contributed by atoms with E-state index < -0.39 is 16.1 Å². The van der Waals surface area contributed by atoms with Crippen LogP contribution in [0, 0.1) is 6.92 Å². The van der Waals surface area contributed by atoms with Gasteiger partial charge in [0, 0.05) is 50.0 Å². The van der Waals surface area contributed by atoms with E-state index in [0.29, 0.717) is 50.1 Å². The molecule has 3 aromatic carbocycles. The smallest absolute Gasteiger partial charge is 0.264 e. The predicted molar refractivity (Wildman–Crippen MR) is 186 cm³/mol. The predicted octanol–water partition coefficient (Wildman–Crippen LogP) is 1.79. The lowest BCUT2D eigenvalue weighted by atomic mass is 10.0. The highest BCUT2D eigenvalue weighted by Gasteiger charge is 2.35. The highest BCUT2D eigenvalue weighted by molar-refractivity contribution is 7.92. The Morgan fingerprint density at radius 2 is 1.65 bits per heavy atom. The molecule has 6 rings (SSSR count). The van der Waals surface area contributed by atoms with E-state index in [2.05, 4.69) is 15.3 Å². The summed E-state index contributed by atoms with van der Waals surface area (Å²) in [4.78, 5) is 17.9. The van der Waals surface area contributed by atoms with E-state index in [1.807, 2.05) is 47.1 Å². The van der Waals surface area contributed by atoms with Gasteiger partial charge in [-0.25, -0.2) is 8.42 Å². The Balaban J connectivity index is 1.35. The van der Waals surface area contributed by atoms with E-state index in [-0.39, 0.29) is 53.5 Å². The second kappa shape index (κ2) is 13.9. The average molecular weight is 675 g/mol. The van der Waals surface area contributed by atoms with Gasteiger partial charge in [-0.3, -0.25) is 4.31 Å². The number of anilines is 5. The van der Waals surface area contributed by atoms with Crippen LogP contribution in [0.5, 0.6) is 5.75 Å². The van der Waals surface area contributed by atoms with E-state index in [4.69, 9.17) is 22.2 Å². The van der Waals surface area contributed by atoms with Gasteiger partial charge in [-0.2, -0.15) is 15.0 Å². The van der Waals surface area contributed by atoms with Gasteiger partial charge in [0.05, 0.1) is 29.3 Å². The first-order chi connectivity index (χ1) is 23.0. The van der Waals surface area contributed by atoms with Crippen LogP contribution in [0.4, 0.5) is 29.2 Å². The highest BCUT2D eigenvalue weighted by atomic mass is 32.2. The summed E-state index contributed by atoms with van der Waals surface area (Å²) < 4.78 is 29.1. The second-order valence-electron chi connectivity index (χ2n) is 12.4. The molecule has 0 aliphatic carbocycles. The molecule has 3 heterocycles. The van der Waals surface area contributed by atoms with Crippen LogP contribution in [0.15, 0.2) is 77.7 Å². The minimum absolute atomic E-state index is 0.00166. The summed E-state index contributed by atoms with van der Waals surface area (Å²) in [6.45, 7) is 3.61. The third-order valence-electron chi connectivity index (χ3n) is 8.70. The molecule has 0 radical (unpaired) electrons. The quantitative estimate of drug-likeness (QED) is 0.142. The fourth-order valence-corrected chi connectivity index (χ4v) is 7.69. The molecule has 2 aliphatic heterocycles. The normalized spacial score (nSPS) is 21.4. The number of nitrogens with two attached hydrogens (primary N) is 3. The number of rotatable bonds is 10. The van der Waals surface area contributed by atoms with Crippen molar-refractivity contribution in [1.29, 1.82) is 0 Å². The van der Waals surface area contributed by atoms with Crippen molar-refractivity contribution in [2.75, 3.05) is 45.6 Å². The minimum Gasteiger partial charge on any atom is -0.506 e. The molecule has 2 aliphatic rings. The molecule has 2 saturated heterocycles. The number of piperidine rings is 1. The summed E-state index contributed by atoms with van der Waals surface area (Å²) in [6.07, 6.45) is 0.577. The Kier molecular flexibility index (Phi) is 9.66. The number of aromatic hydroxyl groups is 1. The minimum atomic E-state index is -4.06. The Morgan fingerprint density at radius 3 is 2.31 bits per heavy atom. The van der Waals surface area contributed by atoms with Crippen molar-refractivity contribution in [2.24, 2.45) is 17.2 Å². The van der Waals surface area contributed by atoms with Gasteiger partial charge in [-0.1, -0.05) is 48.0 Å².